The van der Waals surface area contributed by atoms with Gasteiger partial charge in [0.05, 0.1) is 22.4 Å². The molecule has 2 nitrogen and oxygen atoms in total. The van der Waals surface area contributed by atoms with Crippen LogP contribution in [-0.2, 0) is 10.8 Å². The highest BCUT2D eigenvalue weighted by atomic mass is 15.0. The molecule has 74 heavy (non-hydrogen) atoms. The van der Waals surface area contributed by atoms with Gasteiger partial charge < -0.3 is 9.13 Å². The van der Waals surface area contributed by atoms with Gasteiger partial charge >= 0.3 is 0 Å². The fourth-order valence-corrected chi connectivity index (χ4v) is 13.6. The molecule has 350 valence electrons. The standard InChI is InChI=1S/C72H52N2/c1-71(2)61-31-19-17-29-55(61)69-67(71)59-43-49(35-39-63(59)73(69)51-25-13-7-14-26-51)47-33-37-53-57(41-47)65(45-21-9-5-10-22-45)54-38-34-48(42-58(54)66(53)46-23-11-6-12-24-46)50-36-40-64-60(44-50)68-70(74(64)52-27-15-8-16-28-52)56-30-18-20-32-62(56)72(68,3)4/h5-44H,1-4H3. The molecule has 2 heteroatoms. The minimum absolute atomic E-state index is 0.170. The fourth-order valence-electron chi connectivity index (χ4n) is 13.6. The van der Waals surface area contributed by atoms with E-state index in [0.29, 0.717) is 0 Å². The van der Waals surface area contributed by atoms with E-state index < -0.39 is 0 Å². The maximum atomic E-state index is 2.49. The number of nitrogens with zero attached hydrogens (tertiary/aromatic N) is 2. The summed E-state index contributed by atoms with van der Waals surface area (Å²) in [5.41, 5.74) is 25.0. The van der Waals surface area contributed by atoms with Crippen LogP contribution in [0.1, 0.15) is 49.9 Å². The van der Waals surface area contributed by atoms with Crippen LogP contribution in [0.3, 0.4) is 0 Å². The molecular formula is C72H52N2. The van der Waals surface area contributed by atoms with E-state index in [2.05, 4.69) is 279 Å². The van der Waals surface area contributed by atoms with E-state index in [9.17, 15) is 0 Å². The second-order valence-electron chi connectivity index (χ2n) is 21.6. The molecule has 0 saturated carbocycles. The van der Waals surface area contributed by atoms with Gasteiger partial charge in [-0.1, -0.05) is 210 Å². The van der Waals surface area contributed by atoms with E-state index in [1.54, 1.807) is 0 Å². The van der Waals surface area contributed by atoms with Crippen molar-refractivity contribution in [3.05, 3.63) is 265 Å². The van der Waals surface area contributed by atoms with Gasteiger partial charge in [0.25, 0.3) is 0 Å². The van der Waals surface area contributed by atoms with Crippen molar-refractivity contribution in [2.75, 3.05) is 0 Å². The lowest BCUT2D eigenvalue weighted by molar-refractivity contribution is 0.666. The number of benzene rings is 11. The second kappa shape index (κ2) is 15.8. The van der Waals surface area contributed by atoms with Gasteiger partial charge in [-0.15, -0.1) is 0 Å². The summed E-state index contributed by atoms with van der Waals surface area (Å²) in [5.74, 6) is 0. The fraction of sp³-hybridized carbons (Fsp3) is 0.0833. The molecule has 2 heterocycles. The van der Waals surface area contributed by atoms with Gasteiger partial charge in [0.2, 0.25) is 0 Å². The number of para-hydroxylation sites is 2. The van der Waals surface area contributed by atoms with Crippen LogP contribution in [0.25, 0.3) is 122 Å². The van der Waals surface area contributed by atoms with Crippen molar-refractivity contribution in [3.8, 4) is 78.4 Å². The topological polar surface area (TPSA) is 9.86 Å². The van der Waals surface area contributed by atoms with Crippen molar-refractivity contribution >= 4 is 43.4 Å². The molecule has 11 aromatic carbocycles. The molecule has 13 aromatic rings. The Bertz CT molecular complexity index is 4150. The third kappa shape index (κ3) is 6.00. The summed E-state index contributed by atoms with van der Waals surface area (Å²) < 4.78 is 4.99. The quantitative estimate of drug-likeness (QED) is 0.147. The zero-order chi connectivity index (χ0) is 49.5. The molecule has 0 spiro atoms. The summed E-state index contributed by atoms with van der Waals surface area (Å²) >= 11 is 0. The van der Waals surface area contributed by atoms with Gasteiger partial charge in [0.1, 0.15) is 0 Å². The molecule has 2 aliphatic rings. The molecule has 0 atom stereocenters. The number of fused-ring (bicyclic) bond motifs is 12. The Morgan fingerprint density at radius 2 is 0.595 bits per heavy atom. The molecule has 0 fully saturated rings. The monoisotopic (exact) mass is 944 g/mol. The van der Waals surface area contributed by atoms with Gasteiger partial charge in [-0.05, 0) is 149 Å². The van der Waals surface area contributed by atoms with Crippen LogP contribution in [0, 0.1) is 0 Å². The molecule has 0 bridgehead atoms. The van der Waals surface area contributed by atoms with Crippen LogP contribution in [-0.4, -0.2) is 9.13 Å². The lowest BCUT2D eigenvalue weighted by Gasteiger charge is -2.22. The smallest absolute Gasteiger partial charge is 0.0584 e. The molecule has 0 radical (unpaired) electrons. The Kier molecular flexibility index (Phi) is 9.09. The predicted molar refractivity (Wildman–Crippen MR) is 312 cm³/mol. The van der Waals surface area contributed by atoms with Crippen molar-refractivity contribution in [1.82, 2.24) is 9.13 Å². The minimum Gasteiger partial charge on any atom is -0.309 e. The zero-order valence-electron chi connectivity index (χ0n) is 42.0. The van der Waals surface area contributed by atoms with Crippen molar-refractivity contribution < 1.29 is 0 Å². The molecular weight excluding hydrogens is 893 g/mol. The first-order chi connectivity index (χ1) is 36.3. The summed E-state index contributed by atoms with van der Waals surface area (Å²) in [6.45, 7) is 9.59. The van der Waals surface area contributed by atoms with Crippen molar-refractivity contribution in [2.24, 2.45) is 0 Å². The molecule has 0 aliphatic heterocycles. The first-order valence-electron chi connectivity index (χ1n) is 26.1. The number of rotatable bonds is 6. The Hall–Kier alpha value is -8.98. The van der Waals surface area contributed by atoms with Gasteiger partial charge in [0, 0.05) is 44.1 Å². The van der Waals surface area contributed by atoms with Crippen molar-refractivity contribution in [3.63, 3.8) is 0 Å². The van der Waals surface area contributed by atoms with Crippen molar-refractivity contribution in [2.45, 2.75) is 38.5 Å². The maximum absolute atomic E-state index is 2.49. The van der Waals surface area contributed by atoms with E-state index in [4.69, 9.17) is 0 Å². The normalized spacial score (nSPS) is 13.9. The summed E-state index contributed by atoms with van der Waals surface area (Å²) in [4.78, 5) is 0. The van der Waals surface area contributed by atoms with Crippen molar-refractivity contribution in [1.29, 1.82) is 0 Å². The van der Waals surface area contributed by atoms with E-state index in [1.165, 1.54) is 144 Å². The molecule has 0 amide bonds. The summed E-state index contributed by atoms with van der Waals surface area (Å²) in [5, 5.41) is 7.57. The molecule has 0 N–H and O–H groups in total. The highest BCUT2D eigenvalue weighted by Crippen LogP contribution is 2.56. The largest absolute Gasteiger partial charge is 0.309 e. The van der Waals surface area contributed by atoms with Crippen LogP contribution in [0.5, 0.6) is 0 Å². The SMILES string of the molecule is CC1(C)c2ccccc2-c2c1c1cc(-c3ccc4c(-c5ccccc5)c5cc(-c6ccc7c(c6)c6c(n7-c7ccccc7)-c7ccccc7C6(C)C)ccc5c(-c5ccccc5)c4c3)ccc1n2-c1ccccc1. The first-order valence-corrected chi connectivity index (χ1v) is 26.1. The van der Waals surface area contributed by atoms with E-state index in [0.717, 1.165) is 0 Å². The Morgan fingerprint density at radius 1 is 0.270 bits per heavy atom. The molecule has 2 aromatic heterocycles. The van der Waals surface area contributed by atoms with Crippen LogP contribution in [0.4, 0.5) is 0 Å². The van der Waals surface area contributed by atoms with Gasteiger partial charge in [0.15, 0.2) is 0 Å². The average Bonchev–Trinajstić information content (AvgIpc) is 4.13. The maximum Gasteiger partial charge on any atom is 0.0584 e. The molecule has 0 unspecified atom stereocenters. The number of aromatic nitrogens is 2. The van der Waals surface area contributed by atoms with Gasteiger partial charge in [-0.2, -0.15) is 0 Å². The van der Waals surface area contributed by atoms with E-state index in [-0.39, 0.29) is 10.8 Å². The minimum atomic E-state index is -0.170. The zero-order valence-corrected chi connectivity index (χ0v) is 42.0. The van der Waals surface area contributed by atoms with E-state index >= 15 is 0 Å². The van der Waals surface area contributed by atoms with Gasteiger partial charge in [-0.3, -0.25) is 0 Å². The lowest BCUT2D eigenvalue weighted by atomic mass is 9.81. The Balaban J connectivity index is 0.958. The van der Waals surface area contributed by atoms with Crippen LogP contribution in [0.15, 0.2) is 243 Å². The Labute approximate surface area is 432 Å². The number of hydrogen-bond acceptors (Lipinski definition) is 0. The Morgan fingerprint density at radius 3 is 0.986 bits per heavy atom. The van der Waals surface area contributed by atoms with Crippen LogP contribution >= 0.6 is 0 Å². The molecule has 0 saturated heterocycles. The number of hydrogen-bond donors (Lipinski definition) is 0. The van der Waals surface area contributed by atoms with Crippen LogP contribution < -0.4 is 0 Å². The summed E-state index contributed by atoms with van der Waals surface area (Å²) in [6, 6.07) is 90.6. The molecule has 2 aliphatic carbocycles. The van der Waals surface area contributed by atoms with E-state index in [1.807, 2.05) is 0 Å². The van der Waals surface area contributed by atoms with Gasteiger partial charge in [-0.25, -0.2) is 0 Å². The second-order valence-corrected chi connectivity index (χ2v) is 21.6. The lowest BCUT2D eigenvalue weighted by Crippen LogP contribution is -2.14. The third-order valence-electron chi connectivity index (χ3n) is 16.8. The summed E-state index contributed by atoms with van der Waals surface area (Å²) in [6.07, 6.45) is 0. The molecule has 15 rings (SSSR count). The third-order valence-corrected chi connectivity index (χ3v) is 16.8. The summed E-state index contributed by atoms with van der Waals surface area (Å²) in [7, 11) is 0. The highest BCUT2D eigenvalue weighted by Gasteiger charge is 2.42. The van der Waals surface area contributed by atoms with Crippen LogP contribution in [0.2, 0.25) is 0 Å². The first kappa shape index (κ1) is 42.7. The predicted octanol–water partition coefficient (Wildman–Crippen LogP) is 19.2. The highest BCUT2D eigenvalue weighted by molar-refractivity contribution is 6.22. The average molecular weight is 945 g/mol.